The number of amides is 1. The minimum atomic E-state index is -1.07. The number of carboxylic acid groups (broad SMARTS) is 1. The highest BCUT2D eigenvalue weighted by Crippen LogP contribution is 2.21. The lowest BCUT2D eigenvalue weighted by Crippen LogP contribution is -2.35. The SMILES string of the molecule is Cc1ccc(N(CC(=O)O)C(=O)c2ccccc2)cc1CN. The van der Waals surface area contributed by atoms with Gasteiger partial charge in [-0.05, 0) is 42.3 Å². The largest absolute Gasteiger partial charge is 0.480 e. The van der Waals surface area contributed by atoms with E-state index in [0.29, 0.717) is 17.8 Å². The summed E-state index contributed by atoms with van der Waals surface area (Å²) in [5, 5.41) is 9.10. The summed E-state index contributed by atoms with van der Waals surface area (Å²) in [5.41, 5.74) is 8.55. The molecule has 3 N–H and O–H groups in total. The lowest BCUT2D eigenvalue weighted by molar-refractivity contribution is -0.135. The van der Waals surface area contributed by atoms with Gasteiger partial charge in [0.05, 0.1) is 0 Å². The van der Waals surface area contributed by atoms with Gasteiger partial charge in [0.25, 0.3) is 5.91 Å². The molecule has 2 aromatic rings. The van der Waals surface area contributed by atoms with E-state index in [4.69, 9.17) is 10.8 Å². The number of hydrogen-bond acceptors (Lipinski definition) is 3. The number of carboxylic acids is 1. The summed E-state index contributed by atoms with van der Waals surface area (Å²) in [7, 11) is 0. The molecule has 0 aliphatic heterocycles. The number of hydrogen-bond donors (Lipinski definition) is 2. The topological polar surface area (TPSA) is 83.6 Å². The second-order valence-corrected chi connectivity index (χ2v) is 4.97. The van der Waals surface area contributed by atoms with Crippen LogP contribution in [-0.2, 0) is 11.3 Å². The van der Waals surface area contributed by atoms with E-state index in [1.54, 1.807) is 42.5 Å². The molecule has 2 rings (SSSR count). The molecule has 2 aromatic carbocycles. The van der Waals surface area contributed by atoms with Crippen LogP contribution in [0, 0.1) is 6.92 Å². The van der Waals surface area contributed by atoms with E-state index in [0.717, 1.165) is 11.1 Å². The molecule has 0 radical (unpaired) electrons. The van der Waals surface area contributed by atoms with E-state index in [9.17, 15) is 9.59 Å². The second-order valence-electron chi connectivity index (χ2n) is 4.97. The van der Waals surface area contributed by atoms with Gasteiger partial charge < -0.3 is 10.8 Å². The van der Waals surface area contributed by atoms with Crippen LogP contribution < -0.4 is 10.6 Å². The number of nitrogens with zero attached hydrogens (tertiary/aromatic N) is 1. The monoisotopic (exact) mass is 298 g/mol. The molecule has 0 spiro atoms. The summed E-state index contributed by atoms with van der Waals surface area (Å²) >= 11 is 0. The van der Waals surface area contributed by atoms with Crippen molar-refractivity contribution in [3.8, 4) is 0 Å². The molecule has 0 fully saturated rings. The fraction of sp³-hybridized carbons (Fsp3) is 0.176. The molecule has 0 atom stereocenters. The predicted molar refractivity (Wildman–Crippen MR) is 84.8 cm³/mol. The Morgan fingerprint density at radius 3 is 2.41 bits per heavy atom. The number of benzene rings is 2. The van der Waals surface area contributed by atoms with Gasteiger partial charge in [0.1, 0.15) is 6.54 Å². The number of anilines is 1. The Morgan fingerprint density at radius 1 is 1.14 bits per heavy atom. The van der Waals surface area contributed by atoms with Gasteiger partial charge in [0.15, 0.2) is 0 Å². The normalized spacial score (nSPS) is 10.3. The standard InChI is InChI=1S/C17H18N2O3/c1-12-7-8-15(9-14(12)10-18)19(11-16(20)21)17(22)13-5-3-2-4-6-13/h2-9H,10-11,18H2,1H3,(H,20,21). The molecule has 1 amide bonds. The zero-order valence-electron chi connectivity index (χ0n) is 12.3. The van der Waals surface area contributed by atoms with Crippen LogP contribution in [0.25, 0.3) is 0 Å². The molecular formula is C17H18N2O3. The van der Waals surface area contributed by atoms with E-state index in [1.165, 1.54) is 4.90 Å². The number of aliphatic carboxylic acids is 1. The summed E-state index contributed by atoms with van der Waals surface area (Å²) in [5.74, 6) is -1.42. The first-order valence-corrected chi connectivity index (χ1v) is 6.91. The Hall–Kier alpha value is -2.66. The van der Waals surface area contributed by atoms with Gasteiger partial charge in [-0.3, -0.25) is 14.5 Å². The summed E-state index contributed by atoms with van der Waals surface area (Å²) in [6.45, 7) is 1.85. The molecule has 0 unspecified atom stereocenters. The van der Waals surface area contributed by atoms with Crippen LogP contribution in [0.4, 0.5) is 5.69 Å². The summed E-state index contributed by atoms with van der Waals surface area (Å²) in [6.07, 6.45) is 0. The molecular weight excluding hydrogens is 280 g/mol. The van der Waals surface area contributed by atoms with Crippen molar-refractivity contribution in [2.24, 2.45) is 5.73 Å². The molecule has 5 heteroatoms. The molecule has 0 saturated carbocycles. The molecule has 0 aromatic heterocycles. The van der Waals surface area contributed by atoms with Gasteiger partial charge >= 0.3 is 5.97 Å². The number of carbonyl (C=O) groups excluding carboxylic acids is 1. The van der Waals surface area contributed by atoms with E-state index in [1.807, 2.05) is 13.0 Å². The Labute approximate surface area is 129 Å². The quantitative estimate of drug-likeness (QED) is 0.886. The number of aryl methyl sites for hydroxylation is 1. The predicted octanol–water partition coefficient (Wildman–Crippen LogP) is 2.19. The lowest BCUT2D eigenvalue weighted by Gasteiger charge is -2.22. The fourth-order valence-electron chi connectivity index (χ4n) is 2.20. The molecule has 0 aliphatic rings. The third kappa shape index (κ3) is 3.51. The van der Waals surface area contributed by atoms with Crippen LogP contribution in [-0.4, -0.2) is 23.5 Å². The van der Waals surface area contributed by atoms with Crippen LogP contribution in [0.3, 0.4) is 0 Å². The van der Waals surface area contributed by atoms with Crippen LogP contribution in [0.1, 0.15) is 21.5 Å². The lowest BCUT2D eigenvalue weighted by atomic mass is 10.1. The third-order valence-electron chi connectivity index (χ3n) is 3.42. The molecule has 5 nitrogen and oxygen atoms in total. The Morgan fingerprint density at radius 2 is 1.82 bits per heavy atom. The maximum Gasteiger partial charge on any atom is 0.323 e. The molecule has 0 aliphatic carbocycles. The first-order valence-electron chi connectivity index (χ1n) is 6.91. The van der Waals surface area contributed by atoms with Crippen molar-refractivity contribution in [3.05, 3.63) is 65.2 Å². The van der Waals surface area contributed by atoms with Crippen LogP contribution in [0.15, 0.2) is 48.5 Å². The molecule has 0 heterocycles. The molecule has 0 saturated heterocycles. The molecule has 22 heavy (non-hydrogen) atoms. The van der Waals surface area contributed by atoms with E-state index in [-0.39, 0.29) is 5.91 Å². The van der Waals surface area contributed by atoms with E-state index >= 15 is 0 Å². The second kappa shape index (κ2) is 6.87. The fourth-order valence-corrected chi connectivity index (χ4v) is 2.20. The van der Waals surface area contributed by atoms with Crippen molar-refractivity contribution in [3.63, 3.8) is 0 Å². The van der Waals surface area contributed by atoms with E-state index in [2.05, 4.69) is 0 Å². The zero-order valence-corrected chi connectivity index (χ0v) is 12.3. The molecule has 114 valence electrons. The van der Waals surface area contributed by atoms with E-state index < -0.39 is 12.5 Å². The highest BCUT2D eigenvalue weighted by molar-refractivity contribution is 6.08. The highest BCUT2D eigenvalue weighted by Gasteiger charge is 2.20. The van der Waals surface area contributed by atoms with Crippen LogP contribution >= 0.6 is 0 Å². The smallest absolute Gasteiger partial charge is 0.323 e. The van der Waals surface area contributed by atoms with Crippen molar-refractivity contribution in [2.75, 3.05) is 11.4 Å². The van der Waals surface area contributed by atoms with Crippen molar-refractivity contribution in [1.29, 1.82) is 0 Å². The van der Waals surface area contributed by atoms with Gasteiger partial charge in [0, 0.05) is 17.8 Å². The van der Waals surface area contributed by atoms with Crippen molar-refractivity contribution in [2.45, 2.75) is 13.5 Å². The van der Waals surface area contributed by atoms with Gasteiger partial charge in [-0.15, -0.1) is 0 Å². The van der Waals surface area contributed by atoms with Gasteiger partial charge in [-0.1, -0.05) is 24.3 Å². The minimum Gasteiger partial charge on any atom is -0.480 e. The molecule has 0 bridgehead atoms. The average molecular weight is 298 g/mol. The number of rotatable bonds is 5. The Bertz CT molecular complexity index is 684. The average Bonchev–Trinajstić information content (AvgIpc) is 2.53. The van der Waals surface area contributed by atoms with Crippen LogP contribution in [0.2, 0.25) is 0 Å². The Kier molecular flexibility index (Phi) is 4.91. The number of nitrogens with two attached hydrogens (primary N) is 1. The highest BCUT2D eigenvalue weighted by atomic mass is 16.4. The number of carbonyl (C=O) groups is 2. The summed E-state index contributed by atoms with van der Waals surface area (Å²) in [6, 6.07) is 13.9. The zero-order chi connectivity index (χ0) is 16.1. The maximum atomic E-state index is 12.6. The maximum absolute atomic E-state index is 12.6. The first-order chi connectivity index (χ1) is 10.5. The van der Waals surface area contributed by atoms with Crippen LogP contribution in [0.5, 0.6) is 0 Å². The summed E-state index contributed by atoms with van der Waals surface area (Å²) < 4.78 is 0. The first kappa shape index (κ1) is 15.7. The third-order valence-corrected chi connectivity index (χ3v) is 3.42. The Balaban J connectivity index is 2.42. The van der Waals surface area contributed by atoms with Crippen molar-refractivity contribution in [1.82, 2.24) is 0 Å². The van der Waals surface area contributed by atoms with Crippen molar-refractivity contribution < 1.29 is 14.7 Å². The van der Waals surface area contributed by atoms with Crippen molar-refractivity contribution >= 4 is 17.6 Å². The van der Waals surface area contributed by atoms with Gasteiger partial charge in [0.2, 0.25) is 0 Å². The summed E-state index contributed by atoms with van der Waals surface area (Å²) in [4.78, 5) is 25.0. The van der Waals surface area contributed by atoms with Gasteiger partial charge in [-0.2, -0.15) is 0 Å². The van der Waals surface area contributed by atoms with Gasteiger partial charge in [-0.25, -0.2) is 0 Å². The minimum absolute atomic E-state index is 0.333.